The van der Waals surface area contributed by atoms with Crippen LogP contribution in [0, 0.1) is 5.92 Å². The van der Waals surface area contributed by atoms with Crippen LogP contribution < -0.4 is 5.32 Å². The molecular weight excluding hydrogens is 298 g/mol. The van der Waals surface area contributed by atoms with Crippen LogP contribution in [-0.4, -0.2) is 28.3 Å². The fourth-order valence-corrected chi connectivity index (χ4v) is 4.38. The van der Waals surface area contributed by atoms with Gasteiger partial charge in [-0.1, -0.05) is 22.4 Å². The predicted molar refractivity (Wildman–Crippen MR) is 77.8 cm³/mol. The molecule has 0 bridgehead atoms. The minimum Gasteiger partial charge on any atom is -0.355 e. The van der Waals surface area contributed by atoms with Gasteiger partial charge >= 0.3 is 0 Å². The SMILES string of the molecule is O=C(NCC1CCC(Br)CC1)C1CCCCS1. The van der Waals surface area contributed by atoms with E-state index in [0.29, 0.717) is 10.7 Å². The zero-order chi connectivity index (χ0) is 12.1. The highest BCUT2D eigenvalue weighted by atomic mass is 79.9. The molecule has 2 nitrogen and oxygen atoms in total. The van der Waals surface area contributed by atoms with Gasteiger partial charge in [-0.3, -0.25) is 4.79 Å². The lowest BCUT2D eigenvalue weighted by atomic mass is 9.89. The fourth-order valence-electron chi connectivity index (χ4n) is 2.63. The van der Waals surface area contributed by atoms with E-state index in [0.717, 1.165) is 18.7 Å². The van der Waals surface area contributed by atoms with Gasteiger partial charge in [-0.2, -0.15) is 0 Å². The summed E-state index contributed by atoms with van der Waals surface area (Å²) in [4.78, 5) is 12.7. The molecule has 1 heterocycles. The molecule has 0 aromatic carbocycles. The lowest BCUT2D eigenvalue weighted by molar-refractivity contribution is -0.121. The van der Waals surface area contributed by atoms with Crippen LogP contribution in [0.4, 0.5) is 0 Å². The van der Waals surface area contributed by atoms with Gasteiger partial charge in [-0.25, -0.2) is 0 Å². The molecular formula is C13H22BrNOS. The summed E-state index contributed by atoms with van der Waals surface area (Å²) in [6, 6.07) is 0. The molecule has 2 fully saturated rings. The van der Waals surface area contributed by atoms with Gasteiger partial charge < -0.3 is 5.32 Å². The second-order valence-electron chi connectivity index (χ2n) is 5.22. The molecule has 1 atom stereocenters. The Labute approximate surface area is 117 Å². The van der Waals surface area contributed by atoms with Crippen molar-refractivity contribution in [3.63, 3.8) is 0 Å². The highest BCUT2D eigenvalue weighted by Gasteiger charge is 2.24. The van der Waals surface area contributed by atoms with Crippen LogP contribution in [0.25, 0.3) is 0 Å². The lowest BCUT2D eigenvalue weighted by Gasteiger charge is -2.26. The number of thioether (sulfide) groups is 1. The minimum atomic E-state index is 0.233. The molecule has 1 saturated heterocycles. The number of amides is 1. The highest BCUT2D eigenvalue weighted by Crippen LogP contribution is 2.29. The Hall–Kier alpha value is 0.300. The van der Waals surface area contributed by atoms with E-state index in [9.17, 15) is 4.79 Å². The van der Waals surface area contributed by atoms with Crippen molar-refractivity contribution in [2.24, 2.45) is 5.92 Å². The third kappa shape index (κ3) is 4.47. The quantitative estimate of drug-likeness (QED) is 0.808. The van der Waals surface area contributed by atoms with E-state index >= 15 is 0 Å². The first-order chi connectivity index (χ1) is 8.25. The second kappa shape index (κ2) is 7.03. The Morgan fingerprint density at radius 3 is 2.59 bits per heavy atom. The Balaban J connectivity index is 1.65. The van der Waals surface area contributed by atoms with Gasteiger partial charge in [0.1, 0.15) is 0 Å². The van der Waals surface area contributed by atoms with Crippen molar-refractivity contribution in [1.82, 2.24) is 5.32 Å². The van der Waals surface area contributed by atoms with Gasteiger partial charge in [0.05, 0.1) is 5.25 Å². The molecule has 4 heteroatoms. The molecule has 98 valence electrons. The topological polar surface area (TPSA) is 29.1 Å². The fraction of sp³-hybridized carbons (Fsp3) is 0.923. The van der Waals surface area contributed by atoms with Crippen molar-refractivity contribution in [2.45, 2.75) is 55.0 Å². The summed E-state index contributed by atoms with van der Waals surface area (Å²) in [6.45, 7) is 0.898. The van der Waals surface area contributed by atoms with E-state index in [-0.39, 0.29) is 11.2 Å². The standard InChI is InChI=1S/C13H22BrNOS/c14-11-6-4-10(5-7-11)9-15-13(16)12-3-1-2-8-17-12/h10-12H,1-9H2,(H,15,16). The molecule has 0 spiro atoms. The van der Waals surface area contributed by atoms with Gasteiger partial charge in [0.25, 0.3) is 0 Å². The van der Waals surface area contributed by atoms with Crippen molar-refractivity contribution in [1.29, 1.82) is 0 Å². The van der Waals surface area contributed by atoms with Crippen molar-refractivity contribution in [3.05, 3.63) is 0 Å². The largest absolute Gasteiger partial charge is 0.355 e. The molecule has 2 aliphatic rings. The van der Waals surface area contributed by atoms with Crippen LogP contribution in [0.2, 0.25) is 0 Å². The summed E-state index contributed by atoms with van der Waals surface area (Å²) in [7, 11) is 0. The van der Waals surface area contributed by atoms with Crippen LogP contribution in [0.5, 0.6) is 0 Å². The monoisotopic (exact) mass is 319 g/mol. The first kappa shape index (κ1) is 13.7. The summed E-state index contributed by atoms with van der Waals surface area (Å²) in [5.74, 6) is 2.16. The molecule has 1 unspecified atom stereocenters. The Kier molecular flexibility index (Phi) is 5.67. The van der Waals surface area contributed by atoms with Crippen LogP contribution in [-0.2, 0) is 4.79 Å². The zero-order valence-corrected chi connectivity index (χ0v) is 12.7. The van der Waals surface area contributed by atoms with E-state index in [1.165, 1.54) is 38.5 Å². The number of rotatable bonds is 3. The average Bonchev–Trinajstić information content (AvgIpc) is 2.39. The van der Waals surface area contributed by atoms with E-state index < -0.39 is 0 Å². The normalized spacial score (nSPS) is 34.3. The second-order valence-corrected chi connectivity index (χ2v) is 7.82. The molecule has 1 aliphatic heterocycles. The van der Waals surface area contributed by atoms with Gasteiger partial charge in [0, 0.05) is 11.4 Å². The molecule has 0 aromatic heterocycles. The van der Waals surface area contributed by atoms with Gasteiger partial charge in [0.15, 0.2) is 0 Å². The molecule has 1 N–H and O–H groups in total. The van der Waals surface area contributed by atoms with E-state index in [1.54, 1.807) is 0 Å². The smallest absolute Gasteiger partial charge is 0.233 e. The maximum atomic E-state index is 12.0. The molecule has 17 heavy (non-hydrogen) atoms. The number of halogens is 1. The number of carbonyl (C=O) groups excluding carboxylic acids is 1. The minimum absolute atomic E-state index is 0.233. The van der Waals surface area contributed by atoms with Crippen molar-refractivity contribution >= 4 is 33.6 Å². The first-order valence-corrected chi connectivity index (χ1v) is 8.75. The van der Waals surface area contributed by atoms with E-state index in [1.807, 2.05) is 11.8 Å². The molecule has 2 rings (SSSR count). The first-order valence-electron chi connectivity index (χ1n) is 6.79. The third-order valence-corrected chi connectivity index (χ3v) is 6.11. The highest BCUT2D eigenvalue weighted by molar-refractivity contribution is 9.09. The van der Waals surface area contributed by atoms with Crippen molar-refractivity contribution in [3.8, 4) is 0 Å². The molecule has 0 aromatic rings. The van der Waals surface area contributed by atoms with Crippen LogP contribution in [0.15, 0.2) is 0 Å². The zero-order valence-electron chi connectivity index (χ0n) is 10.3. The van der Waals surface area contributed by atoms with Crippen molar-refractivity contribution in [2.75, 3.05) is 12.3 Å². The predicted octanol–water partition coefficient (Wildman–Crippen LogP) is 3.34. The summed E-state index contributed by atoms with van der Waals surface area (Å²) in [5.41, 5.74) is 0. The van der Waals surface area contributed by atoms with Crippen molar-refractivity contribution < 1.29 is 4.79 Å². The number of hydrogen-bond donors (Lipinski definition) is 1. The molecule has 1 aliphatic carbocycles. The number of hydrogen-bond acceptors (Lipinski definition) is 2. The molecule has 1 saturated carbocycles. The Bertz CT molecular complexity index is 248. The van der Waals surface area contributed by atoms with Gasteiger partial charge in [0.2, 0.25) is 5.91 Å². The van der Waals surface area contributed by atoms with Crippen LogP contribution >= 0.6 is 27.7 Å². The Morgan fingerprint density at radius 1 is 1.18 bits per heavy atom. The summed E-state index contributed by atoms with van der Waals surface area (Å²) in [6.07, 6.45) is 8.62. The number of nitrogens with one attached hydrogen (secondary N) is 1. The van der Waals surface area contributed by atoms with Crippen LogP contribution in [0.3, 0.4) is 0 Å². The summed E-state index contributed by atoms with van der Waals surface area (Å²) in [5, 5.41) is 3.39. The maximum absolute atomic E-state index is 12.0. The third-order valence-electron chi connectivity index (χ3n) is 3.81. The molecule has 0 radical (unpaired) electrons. The van der Waals surface area contributed by atoms with E-state index in [4.69, 9.17) is 0 Å². The van der Waals surface area contributed by atoms with Crippen LogP contribution in [0.1, 0.15) is 44.9 Å². The summed E-state index contributed by atoms with van der Waals surface area (Å²) < 4.78 is 0. The lowest BCUT2D eigenvalue weighted by Crippen LogP contribution is -2.38. The Morgan fingerprint density at radius 2 is 1.94 bits per heavy atom. The molecule has 1 amide bonds. The van der Waals surface area contributed by atoms with Gasteiger partial charge in [-0.05, 0) is 50.2 Å². The average molecular weight is 320 g/mol. The maximum Gasteiger partial charge on any atom is 0.233 e. The van der Waals surface area contributed by atoms with Gasteiger partial charge in [-0.15, -0.1) is 11.8 Å². The van der Waals surface area contributed by atoms with E-state index in [2.05, 4.69) is 21.2 Å². The summed E-state index contributed by atoms with van der Waals surface area (Å²) >= 11 is 5.51. The number of alkyl halides is 1. The number of carbonyl (C=O) groups is 1.